The molecule has 25 heavy (non-hydrogen) atoms. The topological polar surface area (TPSA) is 56.8 Å². The van der Waals surface area contributed by atoms with E-state index in [0.717, 1.165) is 11.1 Å². The van der Waals surface area contributed by atoms with E-state index in [-0.39, 0.29) is 5.91 Å². The number of methoxy groups -OCH3 is 2. The summed E-state index contributed by atoms with van der Waals surface area (Å²) in [5.41, 5.74) is 2.21. The number of hydrogen-bond donors (Lipinski definition) is 1. The van der Waals surface area contributed by atoms with Crippen LogP contribution in [-0.4, -0.2) is 32.8 Å². The van der Waals surface area contributed by atoms with Gasteiger partial charge in [0.1, 0.15) is 5.75 Å². The van der Waals surface area contributed by atoms with E-state index < -0.39 is 6.10 Å². The number of amides is 1. The molecule has 0 saturated heterocycles. The second-order valence-corrected chi connectivity index (χ2v) is 5.80. The summed E-state index contributed by atoms with van der Waals surface area (Å²) in [5.74, 6) is 1.92. The maximum absolute atomic E-state index is 12.1. The van der Waals surface area contributed by atoms with Crippen molar-refractivity contribution >= 4 is 5.91 Å². The molecular formula is C20H25NO4. The third kappa shape index (κ3) is 5.41. The number of hydrogen-bond acceptors (Lipinski definition) is 4. The van der Waals surface area contributed by atoms with Crippen LogP contribution in [0.1, 0.15) is 18.1 Å². The van der Waals surface area contributed by atoms with Crippen molar-refractivity contribution in [3.8, 4) is 17.2 Å². The van der Waals surface area contributed by atoms with Crippen LogP contribution >= 0.6 is 0 Å². The minimum absolute atomic E-state index is 0.138. The van der Waals surface area contributed by atoms with Gasteiger partial charge in [0, 0.05) is 6.54 Å². The summed E-state index contributed by atoms with van der Waals surface area (Å²) in [5, 5.41) is 2.89. The van der Waals surface area contributed by atoms with Gasteiger partial charge in [-0.05, 0) is 50.1 Å². The maximum atomic E-state index is 12.1. The van der Waals surface area contributed by atoms with E-state index in [4.69, 9.17) is 14.2 Å². The second kappa shape index (κ2) is 8.97. The predicted octanol–water partition coefficient (Wildman–Crippen LogP) is 3.14. The fourth-order valence-electron chi connectivity index (χ4n) is 2.38. The Labute approximate surface area is 148 Å². The molecular weight excluding hydrogens is 318 g/mol. The molecule has 2 aromatic rings. The number of carbonyl (C=O) groups excluding carboxylic acids is 1. The molecule has 1 amide bonds. The Hall–Kier alpha value is -2.69. The van der Waals surface area contributed by atoms with Gasteiger partial charge in [0.25, 0.3) is 5.91 Å². The van der Waals surface area contributed by atoms with Gasteiger partial charge in [0.15, 0.2) is 17.6 Å². The molecule has 0 saturated carbocycles. The summed E-state index contributed by atoms with van der Waals surface area (Å²) < 4.78 is 16.2. The molecule has 0 spiro atoms. The SMILES string of the molecule is COc1ccc(CCNC(=O)C(C)Oc2ccc(C)cc2)cc1OC. The Morgan fingerprint density at radius 2 is 1.72 bits per heavy atom. The van der Waals surface area contributed by atoms with Crippen molar-refractivity contribution in [3.63, 3.8) is 0 Å². The van der Waals surface area contributed by atoms with E-state index in [1.807, 2.05) is 49.4 Å². The third-order valence-corrected chi connectivity index (χ3v) is 3.86. The number of rotatable bonds is 8. The van der Waals surface area contributed by atoms with Gasteiger partial charge in [-0.15, -0.1) is 0 Å². The fourth-order valence-corrected chi connectivity index (χ4v) is 2.38. The lowest BCUT2D eigenvalue weighted by Crippen LogP contribution is -2.37. The van der Waals surface area contributed by atoms with E-state index in [2.05, 4.69) is 5.32 Å². The average Bonchev–Trinajstić information content (AvgIpc) is 2.63. The molecule has 0 aliphatic heterocycles. The zero-order chi connectivity index (χ0) is 18.2. The Balaban J connectivity index is 1.82. The van der Waals surface area contributed by atoms with Gasteiger partial charge in [0.05, 0.1) is 14.2 Å². The molecule has 0 aromatic heterocycles. The highest BCUT2D eigenvalue weighted by atomic mass is 16.5. The van der Waals surface area contributed by atoms with Gasteiger partial charge in [-0.3, -0.25) is 4.79 Å². The highest BCUT2D eigenvalue weighted by Gasteiger charge is 2.14. The number of benzene rings is 2. The first-order valence-corrected chi connectivity index (χ1v) is 8.25. The zero-order valence-electron chi connectivity index (χ0n) is 15.2. The van der Waals surface area contributed by atoms with Crippen LogP contribution in [0, 0.1) is 6.92 Å². The summed E-state index contributed by atoms with van der Waals surface area (Å²) in [7, 11) is 3.21. The van der Waals surface area contributed by atoms with Crippen LogP contribution in [-0.2, 0) is 11.2 Å². The van der Waals surface area contributed by atoms with Crippen LogP contribution in [0.5, 0.6) is 17.2 Å². The molecule has 134 valence electrons. The first-order chi connectivity index (χ1) is 12.0. The predicted molar refractivity (Wildman–Crippen MR) is 97.5 cm³/mol. The van der Waals surface area contributed by atoms with E-state index in [0.29, 0.717) is 30.2 Å². The quantitative estimate of drug-likeness (QED) is 0.800. The molecule has 0 bridgehead atoms. The molecule has 5 heteroatoms. The highest BCUT2D eigenvalue weighted by Crippen LogP contribution is 2.27. The molecule has 1 unspecified atom stereocenters. The van der Waals surface area contributed by atoms with Gasteiger partial charge in [-0.2, -0.15) is 0 Å². The molecule has 0 fully saturated rings. The molecule has 5 nitrogen and oxygen atoms in total. The summed E-state index contributed by atoms with van der Waals surface area (Å²) >= 11 is 0. The Morgan fingerprint density at radius 1 is 1.04 bits per heavy atom. The Kier molecular flexibility index (Phi) is 6.69. The molecule has 1 atom stereocenters. The lowest BCUT2D eigenvalue weighted by Gasteiger charge is -2.15. The van der Waals surface area contributed by atoms with Crippen LogP contribution in [0.4, 0.5) is 0 Å². The zero-order valence-corrected chi connectivity index (χ0v) is 15.2. The van der Waals surface area contributed by atoms with Crippen molar-refractivity contribution in [1.29, 1.82) is 0 Å². The van der Waals surface area contributed by atoms with E-state index in [1.54, 1.807) is 21.1 Å². The van der Waals surface area contributed by atoms with Crippen molar-refractivity contribution in [2.24, 2.45) is 0 Å². The first-order valence-electron chi connectivity index (χ1n) is 8.25. The number of nitrogens with one attached hydrogen (secondary N) is 1. The first kappa shape index (κ1) is 18.6. The number of ether oxygens (including phenoxy) is 3. The normalized spacial score (nSPS) is 11.5. The summed E-state index contributed by atoms with van der Waals surface area (Å²) in [4.78, 5) is 12.1. The van der Waals surface area contributed by atoms with Crippen molar-refractivity contribution in [2.45, 2.75) is 26.4 Å². The minimum Gasteiger partial charge on any atom is -0.493 e. The van der Waals surface area contributed by atoms with Crippen molar-refractivity contribution in [3.05, 3.63) is 53.6 Å². The molecule has 2 rings (SSSR count). The van der Waals surface area contributed by atoms with Crippen LogP contribution < -0.4 is 19.5 Å². The molecule has 0 radical (unpaired) electrons. The molecule has 2 aromatic carbocycles. The van der Waals surface area contributed by atoms with E-state index in [9.17, 15) is 4.79 Å². The third-order valence-electron chi connectivity index (χ3n) is 3.86. The van der Waals surface area contributed by atoms with Crippen LogP contribution in [0.25, 0.3) is 0 Å². The Bertz CT molecular complexity index is 697. The van der Waals surface area contributed by atoms with Crippen molar-refractivity contribution < 1.29 is 19.0 Å². The monoisotopic (exact) mass is 343 g/mol. The second-order valence-electron chi connectivity index (χ2n) is 5.80. The molecule has 0 aliphatic rings. The van der Waals surface area contributed by atoms with Crippen LogP contribution in [0.15, 0.2) is 42.5 Å². The largest absolute Gasteiger partial charge is 0.493 e. The fraction of sp³-hybridized carbons (Fsp3) is 0.350. The van der Waals surface area contributed by atoms with Crippen molar-refractivity contribution in [2.75, 3.05) is 20.8 Å². The van der Waals surface area contributed by atoms with Gasteiger partial charge < -0.3 is 19.5 Å². The van der Waals surface area contributed by atoms with Crippen LogP contribution in [0.2, 0.25) is 0 Å². The molecule has 0 aliphatic carbocycles. The number of carbonyl (C=O) groups is 1. The average molecular weight is 343 g/mol. The summed E-state index contributed by atoms with van der Waals surface area (Å²) in [6.45, 7) is 4.27. The molecule has 0 heterocycles. The van der Waals surface area contributed by atoms with E-state index >= 15 is 0 Å². The van der Waals surface area contributed by atoms with Gasteiger partial charge in [0.2, 0.25) is 0 Å². The van der Waals surface area contributed by atoms with Crippen LogP contribution in [0.3, 0.4) is 0 Å². The van der Waals surface area contributed by atoms with E-state index in [1.165, 1.54) is 0 Å². The van der Waals surface area contributed by atoms with Crippen molar-refractivity contribution in [1.82, 2.24) is 5.32 Å². The Morgan fingerprint density at radius 3 is 2.36 bits per heavy atom. The summed E-state index contributed by atoms with van der Waals surface area (Å²) in [6.07, 6.45) is 0.150. The maximum Gasteiger partial charge on any atom is 0.260 e. The smallest absolute Gasteiger partial charge is 0.260 e. The van der Waals surface area contributed by atoms with Gasteiger partial charge in [-0.1, -0.05) is 23.8 Å². The summed E-state index contributed by atoms with van der Waals surface area (Å²) in [6, 6.07) is 13.4. The lowest BCUT2D eigenvalue weighted by molar-refractivity contribution is -0.127. The highest BCUT2D eigenvalue weighted by molar-refractivity contribution is 5.80. The van der Waals surface area contributed by atoms with Gasteiger partial charge >= 0.3 is 0 Å². The minimum atomic E-state index is -0.548. The molecule has 1 N–H and O–H groups in total. The lowest BCUT2D eigenvalue weighted by atomic mass is 10.1. The van der Waals surface area contributed by atoms with Gasteiger partial charge in [-0.25, -0.2) is 0 Å². The number of aryl methyl sites for hydroxylation is 1. The standard InChI is InChI=1S/C20H25NO4/c1-14-5-8-17(9-6-14)25-15(2)20(22)21-12-11-16-7-10-18(23-3)19(13-16)24-4/h5-10,13,15H,11-12H2,1-4H3,(H,21,22).